The molecular weight excluding hydrogens is 252 g/mol. The zero-order valence-corrected chi connectivity index (χ0v) is 10.1. The molecular formula is C9H13ClN2O5. The number of hydrogen-bond acceptors (Lipinski definition) is 5. The standard InChI is InChI=1S/C9H12N2O.ClHO4/c1-7(2)11-9(12)8-3-5-10-6-4-8;2-1(3,4)5/h3-7H,1-2H3,(H,11,12);(H,2,3,4,5). The maximum Gasteiger partial charge on any atom is 0.251 e. The van der Waals surface area contributed by atoms with Crippen molar-refractivity contribution < 1.29 is 38.7 Å². The van der Waals surface area contributed by atoms with E-state index < -0.39 is 10.2 Å². The first-order valence-electron chi connectivity index (χ1n) is 4.59. The third-order valence-electron chi connectivity index (χ3n) is 1.40. The molecule has 0 unspecified atom stereocenters. The maximum absolute atomic E-state index is 11.3. The number of carbonyl (C=O) groups excluding carboxylic acids is 1. The van der Waals surface area contributed by atoms with Gasteiger partial charge in [0.25, 0.3) is 5.91 Å². The summed E-state index contributed by atoms with van der Waals surface area (Å²) in [6.45, 7) is 3.87. The highest BCUT2D eigenvalue weighted by molar-refractivity contribution is 5.93. The van der Waals surface area contributed by atoms with Crippen molar-refractivity contribution >= 4 is 5.91 Å². The van der Waals surface area contributed by atoms with Crippen LogP contribution in [0.3, 0.4) is 0 Å². The second-order valence-electron chi connectivity index (χ2n) is 3.29. The van der Waals surface area contributed by atoms with Crippen LogP contribution < -0.4 is 28.9 Å². The van der Waals surface area contributed by atoms with E-state index in [0.717, 1.165) is 0 Å². The third kappa shape index (κ3) is 11.0. The van der Waals surface area contributed by atoms with Gasteiger partial charge in [-0.1, -0.05) is 0 Å². The van der Waals surface area contributed by atoms with E-state index >= 15 is 0 Å². The minimum atomic E-state index is -4.94. The van der Waals surface area contributed by atoms with E-state index in [0.29, 0.717) is 5.56 Å². The number of carbonyl (C=O) groups is 1. The number of amides is 1. The summed E-state index contributed by atoms with van der Waals surface area (Å²) in [5.41, 5.74) is 0.683. The Morgan fingerprint density at radius 1 is 1.24 bits per heavy atom. The number of aromatic nitrogens is 1. The molecule has 0 aromatic carbocycles. The molecule has 0 spiro atoms. The van der Waals surface area contributed by atoms with Crippen LogP contribution in [0.4, 0.5) is 0 Å². The summed E-state index contributed by atoms with van der Waals surface area (Å²) in [5.74, 6) is -0.0287. The summed E-state index contributed by atoms with van der Waals surface area (Å²) in [6, 6.07) is 3.68. The Morgan fingerprint density at radius 2 is 1.65 bits per heavy atom. The van der Waals surface area contributed by atoms with Gasteiger partial charge in [-0.15, -0.1) is 10.2 Å². The number of pyridine rings is 1. The zero-order valence-electron chi connectivity index (χ0n) is 9.31. The highest BCUT2D eigenvalue weighted by Crippen LogP contribution is 1.94. The van der Waals surface area contributed by atoms with Crippen molar-refractivity contribution in [1.29, 1.82) is 0 Å². The molecule has 0 aliphatic rings. The van der Waals surface area contributed by atoms with E-state index in [1.165, 1.54) is 0 Å². The molecule has 17 heavy (non-hydrogen) atoms. The normalized spacial score (nSPS) is 10.5. The maximum atomic E-state index is 11.3. The molecule has 0 bridgehead atoms. The smallest absolute Gasteiger partial charge is 0.251 e. The van der Waals surface area contributed by atoms with Gasteiger partial charge in [-0.25, -0.2) is 23.6 Å². The Bertz CT molecular complexity index is 333. The van der Waals surface area contributed by atoms with Crippen LogP contribution in [-0.4, -0.2) is 11.9 Å². The molecule has 2 N–H and O–H groups in total. The Morgan fingerprint density at radius 3 is 2.00 bits per heavy atom. The van der Waals surface area contributed by atoms with Crippen LogP contribution in [0.1, 0.15) is 24.2 Å². The fourth-order valence-electron chi connectivity index (χ4n) is 0.884. The molecule has 1 aromatic rings. The zero-order chi connectivity index (χ0) is 13.5. The summed E-state index contributed by atoms with van der Waals surface area (Å²) in [6.07, 6.45) is 3.46. The number of hydrogen-bond donors (Lipinski definition) is 1. The largest absolute Gasteiger partial charge is 0.350 e. The fraction of sp³-hybridized carbons (Fsp3) is 0.333. The van der Waals surface area contributed by atoms with Crippen LogP contribution in [0, 0.1) is 10.2 Å². The SMILES string of the molecule is CC(C)NC(=O)c1cc[nH+]cc1.[O-][Cl+3]([O-])([O-])[O-]. The lowest BCUT2D eigenvalue weighted by Crippen LogP contribution is -2.68. The van der Waals surface area contributed by atoms with E-state index in [1.54, 1.807) is 24.5 Å². The Kier molecular flexibility index (Phi) is 6.62. The lowest BCUT2D eigenvalue weighted by molar-refractivity contribution is -2.00. The average molecular weight is 265 g/mol. The van der Waals surface area contributed by atoms with Crippen molar-refractivity contribution in [3.05, 3.63) is 30.1 Å². The third-order valence-corrected chi connectivity index (χ3v) is 1.40. The summed E-state index contributed by atoms with van der Waals surface area (Å²) in [5, 5.41) is 2.81. The van der Waals surface area contributed by atoms with Gasteiger partial charge in [-0.2, -0.15) is 0 Å². The Labute approximate surface area is 100 Å². The van der Waals surface area contributed by atoms with Crippen molar-refractivity contribution in [2.45, 2.75) is 19.9 Å². The second kappa shape index (κ2) is 7.15. The van der Waals surface area contributed by atoms with Crippen molar-refractivity contribution in [3.63, 3.8) is 0 Å². The number of H-pyrrole nitrogens is 1. The van der Waals surface area contributed by atoms with Gasteiger partial charge in [0.1, 0.15) is 0 Å². The van der Waals surface area contributed by atoms with E-state index in [1.807, 2.05) is 13.8 Å². The predicted molar refractivity (Wildman–Crippen MR) is 45.6 cm³/mol. The highest BCUT2D eigenvalue weighted by atomic mass is 35.7. The minimum absolute atomic E-state index is 0.0287. The predicted octanol–water partition coefficient (Wildman–Crippen LogP) is -4.12. The monoisotopic (exact) mass is 264 g/mol. The number of halogens is 1. The van der Waals surface area contributed by atoms with Gasteiger partial charge in [-0.3, -0.25) is 4.79 Å². The van der Waals surface area contributed by atoms with Gasteiger partial charge in [0.2, 0.25) is 0 Å². The lowest BCUT2D eigenvalue weighted by atomic mass is 10.2. The van der Waals surface area contributed by atoms with Crippen molar-refractivity contribution in [3.8, 4) is 0 Å². The molecule has 0 radical (unpaired) electrons. The van der Waals surface area contributed by atoms with Gasteiger partial charge in [-0.05, 0) is 13.8 Å². The molecule has 7 nitrogen and oxygen atoms in total. The van der Waals surface area contributed by atoms with Crippen LogP contribution in [0.25, 0.3) is 0 Å². The van der Waals surface area contributed by atoms with Gasteiger partial charge in [0.05, 0.1) is 5.56 Å². The quantitative estimate of drug-likeness (QED) is 0.579. The van der Waals surface area contributed by atoms with E-state index in [9.17, 15) is 4.79 Å². The van der Waals surface area contributed by atoms with Crippen LogP contribution in [0.5, 0.6) is 0 Å². The summed E-state index contributed by atoms with van der Waals surface area (Å²) < 4.78 is 34.0. The molecule has 0 saturated heterocycles. The van der Waals surface area contributed by atoms with E-state index in [2.05, 4.69) is 10.3 Å². The first-order valence-corrected chi connectivity index (χ1v) is 5.82. The molecule has 1 amide bonds. The summed E-state index contributed by atoms with van der Waals surface area (Å²) >= 11 is 0. The number of rotatable bonds is 2. The molecule has 1 heterocycles. The Hall–Kier alpha value is -1.25. The van der Waals surface area contributed by atoms with Crippen LogP contribution in [0.2, 0.25) is 0 Å². The second-order valence-corrected chi connectivity index (χ2v) is 4.05. The van der Waals surface area contributed by atoms with E-state index in [4.69, 9.17) is 18.6 Å². The average Bonchev–Trinajstić information content (AvgIpc) is 2.15. The van der Waals surface area contributed by atoms with Gasteiger partial charge in [0, 0.05) is 18.2 Å². The van der Waals surface area contributed by atoms with Crippen molar-refractivity contribution in [1.82, 2.24) is 5.32 Å². The lowest BCUT2D eigenvalue weighted by Gasteiger charge is -2.17. The molecule has 0 fully saturated rings. The van der Waals surface area contributed by atoms with Gasteiger partial charge >= 0.3 is 0 Å². The highest BCUT2D eigenvalue weighted by Gasteiger charge is 2.05. The molecule has 96 valence electrons. The molecule has 1 rings (SSSR count). The molecule has 0 aliphatic carbocycles. The molecule has 0 atom stereocenters. The van der Waals surface area contributed by atoms with E-state index in [-0.39, 0.29) is 11.9 Å². The fourth-order valence-corrected chi connectivity index (χ4v) is 0.884. The number of aromatic amines is 1. The van der Waals surface area contributed by atoms with Crippen LogP contribution >= 0.6 is 0 Å². The van der Waals surface area contributed by atoms with Gasteiger partial charge < -0.3 is 5.32 Å². The molecule has 0 aliphatic heterocycles. The van der Waals surface area contributed by atoms with Crippen LogP contribution in [-0.2, 0) is 0 Å². The van der Waals surface area contributed by atoms with Gasteiger partial charge in [0.15, 0.2) is 12.4 Å². The Balaban J connectivity index is 0.000000437. The van der Waals surface area contributed by atoms with Crippen LogP contribution in [0.15, 0.2) is 24.5 Å². The molecule has 1 aromatic heterocycles. The number of nitrogens with one attached hydrogen (secondary N) is 2. The molecule has 8 heteroatoms. The molecule has 0 saturated carbocycles. The van der Waals surface area contributed by atoms with Crippen molar-refractivity contribution in [2.24, 2.45) is 0 Å². The summed E-state index contributed by atoms with van der Waals surface area (Å²) in [7, 11) is -4.94. The van der Waals surface area contributed by atoms with Crippen molar-refractivity contribution in [2.75, 3.05) is 0 Å². The summed E-state index contributed by atoms with van der Waals surface area (Å²) in [4.78, 5) is 14.2. The first-order chi connectivity index (χ1) is 7.70. The first kappa shape index (κ1) is 15.8. The topological polar surface area (TPSA) is 135 Å². The minimum Gasteiger partial charge on any atom is -0.350 e.